The van der Waals surface area contributed by atoms with Gasteiger partial charge >= 0.3 is 5.97 Å². The summed E-state index contributed by atoms with van der Waals surface area (Å²) in [6.07, 6.45) is 3.47. The van der Waals surface area contributed by atoms with Crippen molar-refractivity contribution < 1.29 is 28.2 Å². The van der Waals surface area contributed by atoms with Crippen LogP contribution < -0.4 is 9.47 Å². The molecule has 1 atom stereocenters. The summed E-state index contributed by atoms with van der Waals surface area (Å²) in [4.78, 5) is 10.9. The Labute approximate surface area is 210 Å². The molecule has 0 bridgehead atoms. The van der Waals surface area contributed by atoms with Gasteiger partial charge in [0.25, 0.3) is 0 Å². The van der Waals surface area contributed by atoms with Crippen LogP contribution in [-0.4, -0.2) is 18.2 Å². The highest BCUT2D eigenvalue weighted by Crippen LogP contribution is 2.51. The molecule has 0 spiro atoms. The lowest BCUT2D eigenvalue weighted by molar-refractivity contribution is -0.136. The van der Waals surface area contributed by atoms with Crippen LogP contribution in [0.1, 0.15) is 62.1 Å². The molecule has 3 aromatic rings. The number of carboxylic acids is 1. The molecule has 3 aromatic carbocycles. The van der Waals surface area contributed by atoms with Gasteiger partial charge in [0.15, 0.2) is 0 Å². The molecule has 1 aliphatic rings. The Balaban J connectivity index is 1.69. The molecule has 0 heterocycles. The number of halogens is 2. The number of carboxylic acid groups (broad SMARTS) is 1. The van der Waals surface area contributed by atoms with Crippen molar-refractivity contribution in [2.24, 2.45) is 5.41 Å². The molecule has 0 aromatic heterocycles. The molecule has 0 aliphatic heterocycles. The maximum absolute atomic E-state index is 15.4. The average molecular weight is 495 g/mol. The zero-order valence-corrected chi connectivity index (χ0v) is 20.9. The van der Waals surface area contributed by atoms with Crippen LogP contribution in [0.2, 0.25) is 0 Å². The van der Waals surface area contributed by atoms with E-state index in [1.54, 1.807) is 30.3 Å². The molecule has 1 fully saturated rings. The molecule has 0 amide bonds. The Bertz CT molecular complexity index is 1250. The Morgan fingerprint density at radius 2 is 1.83 bits per heavy atom. The zero-order valence-electron chi connectivity index (χ0n) is 20.9. The van der Waals surface area contributed by atoms with Crippen molar-refractivity contribution in [2.45, 2.75) is 58.5 Å². The van der Waals surface area contributed by atoms with Gasteiger partial charge < -0.3 is 14.6 Å². The van der Waals surface area contributed by atoms with Crippen LogP contribution in [0, 0.1) is 17.0 Å². The summed E-state index contributed by atoms with van der Waals surface area (Å²) in [6, 6.07) is 15.0. The Morgan fingerprint density at radius 3 is 2.53 bits per heavy atom. The van der Waals surface area contributed by atoms with Gasteiger partial charge in [0.2, 0.25) is 0 Å². The minimum atomic E-state index is -0.863. The molecule has 1 aliphatic carbocycles. The third kappa shape index (κ3) is 5.69. The molecule has 1 unspecified atom stereocenters. The molecule has 1 saturated carbocycles. The van der Waals surface area contributed by atoms with Gasteiger partial charge in [-0.1, -0.05) is 32.4 Å². The largest absolute Gasteiger partial charge is 0.497 e. The second-order valence-corrected chi connectivity index (χ2v) is 10.1. The fourth-order valence-corrected chi connectivity index (χ4v) is 5.21. The van der Waals surface area contributed by atoms with E-state index < -0.39 is 17.6 Å². The van der Waals surface area contributed by atoms with E-state index in [-0.39, 0.29) is 24.4 Å². The summed E-state index contributed by atoms with van der Waals surface area (Å²) in [5.41, 5.74) is 3.02. The normalized spacial score (nSPS) is 16.6. The maximum Gasteiger partial charge on any atom is 0.303 e. The van der Waals surface area contributed by atoms with Crippen LogP contribution in [0.5, 0.6) is 11.5 Å². The monoisotopic (exact) mass is 494 g/mol. The molecule has 4 rings (SSSR count). The summed E-state index contributed by atoms with van der Waals surface area (Å²) >= 11 is 0. The van der Waals surface area contributed by atoms with E-state index in [4.69, 9.17) is 14.6 Å². The van der Waals surface area contributed by atoms with E-state index in [2.05, 4.69) is 13.8 Å². The summed E-state index contributed by atoms with van der Waals surface area (Å²) in [5, 5.41) is 8.93. The van der Waals surface area contributed by atoms with Crippen LogP contribution in [-0.2, 0) is 17.8 Å². The number of hydrogen-bond acceptors (Lipinski definition) is 3. The lowest BCUT2D eigenvalue weighted by Crippen LogP contribution is -2.17. The minimum Gasteiger partial charge on any atom is -0.497 e. The van der Waals surface area contributed by atoms with Crippen molar-refractivity contribution in [1.82, 2.24) is 0 Å². The van der Waals surface area contributed by atoms with E-state index in [9.17, 15) is 9.18 Å². The first-order valence-corrected chi connectivity index (χ1v) is 12.3. The highest BCUT2D eigenvalue weighted by molar-refractivity contribution is 5.71. The van der Waals surface area contributed by atoms with Crippen molar-refractivity contribution in [3.8, 4) is 22.6 Å². The standard InChI is InChI=1S/C30H32F2O4/c1-30(2)13-5-8-26(30)24-15-20(18-36-22-7-4-6-19(14-22)9-12-29(33)34)28(32)17-23(24)25-16-21(35-3)10-11-27(25)31/h4,6-7,10-11,14-17,26H,5,8-9,12-13,18H2,1-3H3,(H,33,34). The van der Waals surface area contributed by atoms with Gasteiger partial charge in [-0.3, -0.25) is 4.79 Å². The van der Waals surface area contributed by atoms with Gasteiger partial charge in [-0.05, 0) is 89.8 Å². The van der Waals surface area contributed by atoms with Crippen LogP contribution in [0.25, 0.3) is 11.1 Å². The van der Waals surface area contributed by atoms with E-state index in [0.29, 0.717) is 34.6 Å². The molecule has 6 heteroatoms. The predicted octanol–water partition coefficient (Wildman–Crippen LogP) is 7.53. The number of benzene rings is 3. The Kier molecular flexibility index (Phi) is 7.62. The first kappa shape index (κ1) is 25.7. The smallest absolute Gasteiger partial charge is 0.303 e. The molecule has 0 radical (unpaired) electrons. The predicted molar refractivity (Wildman–Crippen MR) is 135 cm³/mol. The van der Waals surface area contributed by atoms with Gasteiger partial charge in [-0.25, -0.2) is 8.78 Å². The number of ether oxygens (including phenoxy) is 2. The highest BCUT2D eigenvalue weighted by atomic mass is 19.1. The number of aliphatic carboxylic acids is 1. The van der Waals surface area contributed by atoms with Gasteiger partial charge in [0, 0.05) is 17.5 Å². The van der Waals surface area contributed by atoms with Gasteiger partial charge in [0.05, 0.1) is 7.11 Å². The molecule has 4 nitrogen and oxygen atoms in total. The van der Waals surface area contributed by atoms with Gasteiger partial charge in [0.1, 0.15) is 29.7 Å². The van der Waals surface area contributed by atoms with Crippen molar-refractivity contribution in [2.75, 3.05) is 7.11 Å². The Hall–Kier alpha value is -3.41. The summed E-state index contributed by atoms with van der Waals surface area (Å²) in [7, 11) is 1.52. The minimum absolute atomic E-state index is 0.00147. The van der Waals surface area contributed by atoms with E-state index in [1.807, 2.05) is 12.1 Å². The van der Waals surface area contributed by atoms with Crippen LogP contribution in [0.4, 0.5) is 8.78 Å². The number of hydrogen-bond donors (Lipinski definition) is 1. The first-order chi connectivity index (χ1) is 17.2. The molecule has 36 heavy (non-hydrogen) atoms. The summed E-state index contributed by atoms with van der Waals surface area (Å²) < 4.78 is 41.6. The quantitative estimate of drug-likeness (QED) is 0.334. The maximum atomic E-state index is 15.4. The fourth-order valence-electron chi connectivity index (χ4n) is 5.21. The number of rotatable bonds is 9. The molecule has 1 N–H and O–H groups in total. The van der Waals surface area contributed by atoms with Gasteiger partial charge in [-0.15, -0.1) is 0 Å². The number of carbonyl (C=O) groups is 1. The lowest BCUT2D eigenvalue weighted by Gasteiger charge is -2.30. The van der Waals surface area contributed by atoms with Crippen molar-refractivity contribution in [3.63, 3.8) is 0 Å². The van der Waals surface area contributed by atoms with Gasteiger partial charge in [-0.2, -0.15) is 0 Å². The highest BCUT2D eigenvalue weighted by Gasteiger charge is 2.37. The zero-order chi connectivity index (χ0) is 25.9. The van der Waals surface area contributed by atoms with E-state index in [1.165, 1.54) is 19.2 Å². The second-order valence-electron chi connectivity index (χ2n) is 10.1. The third-order valence-corrected chi connectivity index (χ3v) is 7.24. The van der Waals surface area contributed by atoms with E-state index in [0.717, 1.165) is 30.4 Å². The van der Waals surface area contributed by atoms with Crippen LogP contribution in [0.15, 0.2) is 54.6 Å². The molecule has 190 valence electrons. The fraction of sp³-hybridized carbons (Fsp3) is 0.367. The molecular weight excluding hydrogens is 462 g/mol. The van der Waals surface area contributed by atoms with Crippen LogP contribution >= 0.6 is 0 Å². The average Bonchev–Trinajstić information content (AvgIpc) is 3.21. The van der Waals surface area contributed by atoms with Crippen molar-refractivity contribution in [1.29, 1.82) is 0 Å². The Morgan fingerprint density at radius 1 is 1.03 bits per heavy atom. The second kappa shape index (κ2) is 10.7. The van der Waals surface area contributed by atoms with E-state index >= 15 is 4.39 Å². The summed E-state index contributed by atoms with van der Waals surface area (Å²) in [5.74, 6) is -0.542. The van der Waals surface area contributed by atoms with Crippen LogP contribution in [0.3, 0.4) is 0 Å². The third-order valence-electron chi connectivity index (χ3n) is 7.24. The van der Waals surface area contributed by atoms with Crippen molar-refractivity contribution in [3.05, 3.63) is 82.9 Å². The first-order valence-electron chi connectivity index (χ1n) is 12.3. The molecular formula is C30H32F2O4. The number of methoxy groups -OCH3 is 1. The summed E-state index contributed by atoms with van der Waals surface area (Å²) in [6.45, 7) is 4.42. The topological polar surface area (TPSA) is 55.8 Å². The van der Waals surface area contributed by atoms with Crippen molar-refractivity contribution >= 4 is 5.97 Å². The molecule has 0 saturated heterocycles. The lowest BCUT2D eigenvalue weighted by atomic mass is 9.75. The SMILES string of the molecule is COc1ccc(F)c(-c2cc(F)c(COc3cccc(CCC(=O)O)c3)cc2C2CCCC2(C)C)c1. The number of aryl methyl sites for hydroxylation is 1.